The van der Waals surface area contributed by atoms with Gasteiger partial charge in [0.25, 0.3) is 0 Å². The van der Waals surface area contributed by atoms with Crippen molar-refractivity contribution in [1.82, 2.24) is 0 Å². The lowest BCUT2D eigenvalue weighted by molar-refractivity contribution is 0.507. The maximum Gasteiger partial charge on any atom is 0.123 e. The van der Waals surface area contributed by atoms with Crippen molar-refractivity contribution in [3.63, 3.8) is 0 Å². The summed E-state index contributed by atoms with van der Waals surface area (Å²) in [7, 11) is 2.02. The van der Waals surface area contributed by atoms with Crippen molar-refractivity contribution >= 4 is 17.3 Å². The maximum atomic E-state index is 6.06. The number of benzene rings is 1. The molecule has 0 bridgehead atoms. The topological polar surface area (TPSA) is 42.4 Å². The average molecular weight is 265 g/mol. The minimum Gasteiger partial charge on any atom is -0.467 e. The molecular weight excluding hydrogens is 248 g/mol. The zero-order valence-electron chi connectivity index (χ0n) is 10.4. The number of hydrogen-bond donors (Lipinski definition) is 1. The molecular formula is C14H17ClN2O. The molecule has 3 nitrogen and oxygen atoms in total. The van der Waals surface area contributed by atoms with E-state index in [0.29, 0.717) is 13.1 Å². The van der Waals surface area contributed by atoms with Crippen LogP contribution in [0.5, 0.6) is 0 Å². The van der Waals surface area contributed by atoms with E-state index in [4.69, 9.17) is 21.8 Å². The van der Waals surface area contributed by atoms with Crippen LogP contribution in [-0.4, -0.2) is 13.6 Å². The van der Waals surface area contributed by atoms with Crippen molar-refractivity contribution in [2.24, 2.45) is 5.73 Å². The van der Waals surface area contributed by atoms with Gasteiger partial charge in [-0.3, -0.25) is 0 Å². The lowest BCUT2D eigenvalue weighted by Gasteiger charge is -2.21. The van der Waals surface area contributed by atoms with Crippen molar-refractivity contribution in [1.29, 1.82) is 0 Å². The largest absolute Gasteiger partial charge is 0.467 e. The van der Waals surface area contributed by atoms with Gasteiger partial charge in [0.05, 0.1) is 12.8 Å². The van der Waals surface area contributed by atoms with Gasteiger partial charge in [0, 0.05) is 17.8 Å². The highest BCUT2D eigenvalue weighted by Gasteiger charge is 2.09. The lowest BCUT2D eigenvalue weighted by atomic mass is 10.1. The molecule has 0 aliphatic heterocycles. The Labute approximate surface area is 112 Å². The van der Waals surface area contributed by atoms with Gasteiger partial charge in [0.1, 0.15) is 5.76 Å². The molecule has 2 N–H and O–H groups in total. The smallest absolute Gasteiger partial charge is 0.123 e. The van der Waals surface area contributed by atoms with Crippen LogP contribution >= 0.6 is 11.6 Å². The molecule has 18 heavy (non-hydrogen) atoms. The first-order valence-corrected chi connectivity index (χ1v) is 6.30. The van der Waals surface area contributed by atoms with Crippen LogP contribution in [0.4, 0.5) is 5.69 Å². The normalized spacial score (nSPS) is 10.6. The van der Waals surface area contributed by atoms with Crippen LogP contribution in [0.3, 0.4) is 0 Å². The first-order chi connectivity index (χ1) is 8.70. The summed E-state index contributed by atoms with van der Waals surface area (Å²) in [5.41, 5.74) is 7.94. The Kier molecular flexibility index (Phi) is 4.28. The van der Waals surface area contributed by atoms with Crippen LogP contribution in [0.15, 0.2) is 41.0 Å². The third-order valence-electron chi connectivity index (χ3n) is 2.85. The summed E-state index contributed by atoms with van der Waals surface area (Å²) in [5.74, 6) is 0.927. The van der Waals surface area contributed by atoms with Crippen LogP contribution in [0.1, 0.15) is 11.3 Å². The standard InChI is InChI=1S/C14H17ClN2O/c1-17(10-13-3-2-8-18-13)14-9-12(15)5-4-11(14)6-7-16/h2-5,8-9H,6-7,10,16H2,1H3. The lowest BCUT2D eigenvalue weighted by Crippen LogP contribution is -2.18. The Hall–Kier alpha value is -1.45. The van der Waals surface area contributed by atoms with Crippen molar-refractivity contribution < 1.29 is 4.42 Å². The molecule has 0 aliphatic carbocycles. The molecule has 0 unspecified atom stereocenters. The molecule has 1 aromatic carbocycles. The van der Waals surface area contributed by atoms with Crippen LogP contribution in [0.25, 0.3) is 0 Å². The molecule has 0 amide bonds. The summed E-state index contributed by atoms with van der Waals surface area (Å²) in [4.78, 5) is 2.12. The number of nitrogens with two attached hydrogens (primary N) is 1. The van der Waals surface area contributed by atoms with Gasteiger partial charge in [-0.15, -0.1) is 0 Å². The molecule has 0 saturated heterocycles. The number of nitrogens with zero attached hydrogens (tertiary/aromatic N) is 1. The van der Waals surface area contributed by atoms with Crippen molar-refractivity contribution in [2.45, 2.75) is 13.0 Å². The molecule has 0 atom stereocenters. The SMILES string of the molecule is CN(Cc1ccco1)c1cc(Cl)ccc1CCN. The van der Waals surface area contributed by atoms with Gasteiger partial charge in [-0.2, -0.15) is 0 Å². The van der Waals surface area contributed by atoms with Gasteiger partial charge in [-0.25, -0.2) is 0 Å². The number of anilines is 1. The van der Waals surface area contributed by atoms with Gasteiger partial charge in [0.15, 0.2) is 0 Å². The molecule has 0 radical (unpaired) electrons. The molecule has 96 valence electrons. The zero-order chi connectivity index (χ0) is 13.0. The van der Waals surface area contributed by atoms with Crippen LogP contribution in [0.2, 0.25) is 5.02 Å². The highest BCUT2D eigenvalue weighted by molar-refractivity contribution is 6.30. The fraction of sp³-hybridized carbons (Fsp3) is 0.286. The first kappa shape index (κ1) is 13.0. The predicted molar refractivity (Wildman–Crippen MR) is 75.0 cm³/mol. The Bertz CT molecular complexity index is 497. The molecule has 0 saturated carbocycles. The van der Waals surface area contributed by atoms with Crippen LogP contribution in [-0.2, 0) is 13.0 Å². The second-order valence-electron chi connectivity index (χ2n) is 4.25. The molecule has 0 fully saturated rings. The number of hydrogen-bond acceptors (Lipinski definition) is 3. The summed E-state index contributed by atoms with van der Waals surface area (Å²) in [6.07, 6.45) is 2.52. The first-order valence-electron chi connectivity index (χ1n) is 5.92. The second kappa shape index (κ2) is 5.94. The van der Waals surface area contributed by atoms with Crippen molar-refractivity contribution in [2.75, 3.05) is 18.5 Å². The molecule has 2 aromatic rings. The number of furan rings is 1. The van der Waals surface area contributed by atoms with E-state index in [0.717, 1.165) is 22.9 Å². The van der Waals surface area contributed by atoms with Gasteiger partial charge in [-0.1, -0.05) is 17.7 Å². The third kappa shape index (κ3) is 3.06. The molecule has 1 heterocycles. The number of rotatable bonds is 5. The van der Waals surface area contributed by atoms with Crippen molar-refractivity contribution in [3.8, 4) is 0 Å². The Morgan fingerprint density at radius 3 is 2.83 bits per heavy atom. The molecule has 4 heteroatoms. The molecule has 0 spiro atoms. The van der Waals surface area contributed by atoms with Gasteiger partial charge < -0.3 is 15.1 Å². The molecule has 0 aliphatic rings. The van der Waals surface area contributed by atoms with E-state index in [1.807, 2.05) is 37.4 Å². The Morgan fingerprint density at radius 2 is 2.17 bits per heavy atom. The minimum absolute atomic E-state index is 0.628. The average Bonchev–Trinajstić information content (AvgIpc) is 2.84. The highest BCUT2D eigenvalue weighted by atomic mass is 35.5. The minimum atomic E-state index is 0.628. The summed E-state index contributed by atoms with van der Waals surface area (Å²) in [6, 6.07) is 9.75. The van der Waals surface area contributed by atoms with Crippen LogP contribution < -0.4 is 10.6 Å². The fourth-order valence-corrected chi connectivity index (χ4v) is 2.15. The third-order valence-corrected chi connectivity index (χ3v) is 3.08. The number of halogens is 1. The van der Waals surface area contributed by atoms with Gasteiger partial charge in [-0.05, 0) is 42.8 Å². The fourth-order valence-electron chi connectivity index (χ4n) is 1.98. The van der Waals surface area contributed by atoms with Crippen molar-refractivity contribution in [3.05, 3.63) is 52.9 Å². The second-order valence-corrected chi connectivity index (χ2v) is 4.68. The Balaban J connectivity index is 2.22. The van der Waals surface area contributed by atoms with E-state index in [1.165, 1.54) is 5.56 Å². The molecule has 2 rings (SSSR count). The van der Waals surface area contributed by atoms with E-state index in [9.17, 15) is 0 Å². The van der Waals surface area contributed by atoms with E-state index >= 15 is 0 Å². The zero-order valence-corrected chi connectivity index (χ0v) is 11.2. The quantitative estimate of drug-likeness (QED) is 0.903. The molecule has 1 aromatic heterocycles. The predicted octanol–water partition coefficient (Wildman–Crippen LogP) is 3.07. The summed E-state index contributed by atoms with van der Waals surface area (Å²) >= 11 is 6.06. The summed E-state index contributed by atoms with van der Waals surface area (Å²) < 4.78 is 5.36. The van der Waals surface area contributed by atoms with E-state index < -0.39 is 0 Å². The van der Waals surface area contributed by atoms with Gasteiger partial charge in [0.2, 0.25) is 0 Å². The summed E-state index contributed by atoms with van der Waals surface area (Å²) in [6.45, 7) is 1.34. The van der Waals surface area contributed by atoms with E-state index in [2.05, 4.69) is 4.90 Å². The van der Waals surface area contributed by atoms with E-state index in [1.54, 1.807) is 6.26 Å². The van der Waals surface area contributed by atoms with Crippen LogP contribution in [0, 0.1) is 0 Å². The van der Waals surface area contributed by atoms with Gasteiger partial charge >= 0.3 is 0 Å². The maximum absolute atomic E-state index is 6.06. The highest BCUT2D eigenvalue weighted by Crippen LogP contribution is 2.25. The summed E-state index contributed by atoms with van der Waals surface area (Å²) in [5, 5.41) is 0.733. The van der Waals surface area contributed by atoms with E-state index in [-0.39, 0.29) is 0 Å². The monoisotopic (exact) mass is 264 g/mol. The Morgan fingerprint density at radius 1 is 1.33 bits per heavy atom.